The van der Waals surface area contributed by atoms with Gasteiger partial charge in [0.1, 0.15) is 11.5 Å². The van der Waals surface area contributed by atoms with Crippen LogP contribution in [0.15, 0.2) is 54.6 Å². The Morgan fingerprint density at radius 2 is 1.75 bits per heavy atom. The Morgan fingerprint density at radius 3 is 2.54 bits per heavy atom. The Morgan fingerprint density at radius 1 is 1.00 bits per heavy atom. The number of hydrogen-bond donors (Lipinski definition) is 2. The molecule has 1 amide bonds. The molecule has 2 N–H and O–H groups in total. The fourth-order valence-corrected chi connectivity index (χ4v) is 3.85. The first-order valence-corrected chi connectivity index (χ1v) is 9.88. The van der Waals surface area contributed by atoms with Crippen molar-refractivity contribution < 1.29 is 9.90 Å². The molecule has 5 heteroatoms. The van der Waals surface area contributed by atoms with Gasteiger partial charge in [-0.25, -0.2) is 4.98 Å². The summed E-state index contributed by atoms with van der Waals surface area (Å²) in [6.07, 6.45) is 4.22. The summed E-state index contributed by atoms with van der Waals surface area (Å²) in [5.41, 5.74) is 4.35. The Balaban J connectivity index is 1.63. The van der Waals surface area contributed by atoms with E-state index in [-0.39, 0.29) is 12.5 Å². The highest BCUT2D eigenvalue weighted by Crippen LogP contribution is 2.27. The number of nitrogens with one attached hydrogen (secondary N) is 1. The number of hydrogen-bond acceptors (Lipinski definition) is 3. The van der Waals surface area contributed by atoms with E-state index < -0.39 is 0 Å². The molecule has 0 unspecified atom stereocenters. The third-order valence-corrected chi connectivity index (χ3v) is 5.34. The molecule has 1 aliphatic rings. The van der Waals surface area contributed by atoms with Crippen molar-refractivity contribution in [3.63, 3.8) is 0 Å². The number of imidazole rings is 1. The average molecular weight is 375 g/mol. The van der Waals surface area contributed by atoms with Gasteiger partial charge in [0, 0.05) is 18.7 Å². The van der Waals surface area contributed by atoms with E-state index in [1.54, 1.807) is 0 Å². The number of carbonyl (C=O) groups excluding carboxylic acids is 1. The molecule has 0 atom stereocenters. The summed E-state index contributed by atoms with van der Waals surface area (Å²) in [5, 5.41) is 12.5. The molecule has 0 fully saturated rings. The molecule has 0 radical (unpaired) electrons. The lowest BCUT2D eigenvalue weighted by molar-refractivity contribution is 0.0945. The summed E-state index contributed by atoms with van der Waals surface area (Å²) >= 11 is 0. The summed E-state index contributed by atoms with van der Waals surface area (Å²) in [4.78, 5) is 17.8. The minimum absolute atomic E-state index is 0.0376. The summed E-state index contributed by atoms with van der Waals surface area (Å²) in [6, 6.07) is 17.7. The van der Waals surface area contributed by atoms with Crippen LogP contribution >= 0.6 is 0 Å². The summed E-state index contributed by atoms with van der Waals surface area (Å²) < 4.78 is 2.22. The number of aliphatic hydroxyl groups excluding tert-OH is 1. The SMILES string of the molecule is O=C(NCc1ccccc1CO)c1nc(-c2ccccc2)n2c1CCCCC2. The lowest BCUT2D eigenvalue weighted by Gasteiger charge is -2.10. The van der Waals surface area contributed by atoms with Crippen molar-refractivity contribution in [1.82, 2.24) is 14.9 Å². The second kappa shape index (κ2) is 8.40. The van der Waals surface area contributed by atoms with Crippen LogP contribution in [0.4, 0.5) is 0 Å². The minimum atomic E-state index is -0.152. The summed E-state index contributed by atoms with van der Waals surface area (Å²) in [7, 11) is 0. The van der Waals surface area contributed by atoms with E-state index in [0.717, 1.165) is 54.0 Å². The average Bonchev–Trinajstić information content (AvgIpc) is 2.94. The third-order valence-electron chi connectivity index (χ3n) is 5.34. The molecule has 1 aliphatic heterocycles. The van der Waals surface area contributed by atoms with Crippen LogP contribution in [-0.2, 0) is 26.1 Å². The van der Waals surface area contributed by atoms with Gasteiger partial charge in [0.2, 0.25) is 0 Å². The molecular formula is C23H25N3O2. The van der Waals surface area contributed by atoms with Gasteiger partial charge < -0.3 is 15.0 Å². The lowest BCUT2D eigenvalue weighted by Crippen LogP contribution is -2.25. The van der Waals surface area contributed by atoms with Crippen LogP contribution < -0.4 is 5.32 Å². The highest BCUT2D eigenvalue weighted by molar-refractivity contribution is 5.94. The van der Waals surface area contributed by atoms with Gasteiger partial charge in [-0.15, -0.1) is 0 Å². The second-order valence-electron chi connectivity index (χ2n) is 7.17. The molecule has 0 aliphatic carbocycles. The van der Waals surface area contributed by atoms with Crippen molar-refractivity contribution in [3.05, 3.63) is 77.1 Å². The van der Waals surface area contributed by atoms with Gasteiger partial charge in [0.25, 0.3) is 5.91 Å². The largest absolute Gasteiger partial charge is 0.392 e. The summed E-state index contributed by atoms with van der Waals surface area (Å²) in [6.45, 7) is 1.24. The van der Waals surface area contributed by atoms with Crippen molar-refractivity contribution in [2.45, 2.75) is 45.4 Å². The quantitative estimate of drug-likeness (QED) is 0.715. The molecule has 28 heavy (non-hydrogen) atoms. The number of amides is 1. The number of fused-ring (bicyclic) bond motifs is 1. The molecule has 0 bridgehead atoms. The minimum Gasteiger partial charge on any atom is -0.392 e. The number of aromatic nitrogens is 2. The van der Waals surface area contributed by atoms with E-state index in [1.165, 1.54) is 6.42 Å². The van der Waals surface area contributed by atoms with E-state index in [1.807, 2.05) is 54.6 Å². The smallest absolute Gasteiger partial charge is 0.272 e. The topological polar surface area (TPSA) is 67.2 Å². The first-order valence-electron chi connectivity index (χ1n) is 9.88. The number of aliphatic hydroxyl groups is 1. The number of rotatable bonds is 5. The Kier molecular flexibility index (Phi) is 5.53. The maximum absolute atomic E-state index is 13.0. The monoisotopic (exact) mass is 375 g/mol. The zero-order valence-corrected chi connectivity index (χ0v) is 15.9. The van der Waals surface area contributed by atoms with Crippen LogP contribution in [0.2, 0.25) is 0 Å². The molecular weight excluding hydrogens is 350 g/mol. The van der Waals surface area contributed by atoms with Crippen LogP contribution in [0.3, 0.4) is 0 Å². The molecule has 0 saturated carbocycles. The van der Waals surface area contributed by atoms with Gasteiger partial charge in [-0.1, -0.05) is 61.0 Å². The molecule has 2 heterocycles. The van der Waals surface area contributed by atoms with Gasteiger partial charge in [-0.05, 0) is 30.4 Å². The van der Waals surface area contributed by atoms with E-state index in [0.29, 0.717) is 12.2 Å². The molecule has 144 valence electrons. The molecule has 0 saturated heterocycles. The van der Waals surface area contributed by atoms with Gasteiger partial charge >= 0.3 is 0 Å². The molecule has 4 rings (SSSR count). The normalized spacial score (nSPS) is 13.6. The summed E-state index contributed by atoms with van der Waals surface area (Å²) in [5.74, 6) is 0.721. The zero-order chi connectivity index (χ0) is 19.3. The van der Waals surface area contributed by atoms with Crippen LogP contribution in [0.1, 0.15) is 46.6 Å². The number of nitrogens with zero attached hydrogens (tertiary/aromatic N) is 2. The maximum atomic E-state index is 13.0. The molecule has 0 spiro atoms. The number of carbonyl (C=O) groups is 1. The predicted molar refractivity (Wildman–Crippen MR) is 109 cm³/mol. The predicted octanol–water partition coefficient (Wildman–Crippen LogP) is 3.70. The molecule has 5 nitrogen and oxygen atoms in total. The van der Waals surface area contributed by atoms with Crippen molar-refractivity contribution in [2.24, 2.45) is 0 Å². The van der Waals surface area contributed by atoms with Crippen molar-refractivity contribution in [3.8, 4) is 11.4 Å². The number of benzene rings is 2. The highest BCUT2D eigenvalue weighted by atomic mass is 16.3. The van der Waals surface area contributed by atoms with Crippen LogP contribution in [-0.4, -0.2) is 20.6 Å². The fourth-order valence-electron chi connectivity index (χ4n) is 3.85. The van der Waals surface area contributed by atoms with Gasteiger partial charge in [0.05, 0.1) is 12.3 Å². The van der Waals surface area contributed by atoms with Crippen molar-refractivity contribution in [2.75, 3.05) is 0 Å². The highest BCUT2D eigenvalue weighted by Gasteiger charge is 2.24. The zero-order valence-electron chi connectivity index (χ0n) is 15.9. The molecule has 3 aromatic rings. The maximum Gasteiger partial charge on any atom is 0.272 e. The molecule has 1 aromatic heterocycles. The third kappa shape index (κ3) is 3.71. The van der Waals surface area contributed by atoms with Gasteiger partial charge in [0.15, 0.2) is 0 Å². The molecule has 2 aromatic carbocycles. The Labute approximate surface area is 165 Å². The van der Waals surface area contributed by atoms with Crippen LogP contribution in [0, 0.1) is 0 Å². The van der Waals surface area contributed by atoms with E-state index in [2.05, 4.69) is 9.88 Å². The lowest BCUT2D eigenvalue weighted by atomic mass is 10.1. The van der Waals surface area contributed by atoms with Crippen molar-refractivity contribution in [1.29, 1.82) is 0 Å². The first-order chi connectivity index (χ1) is 13.8. The second-order valence-corrected chi connectivity index (χ2v) is 7.17. The van der Waals surface area contributed by atoms with Gasteiger partial charge in [-0.3, -0.25) is 4.79 Å². The van der Waals surface area contributed by atoms with E-state index in [9.17, 15) is 9.90 Å². The fraction of sp³-hybridized carbons (Fsp3) is 0.304. The van der Waals surface area contributed by atoms with Crippen LogP contribution in [0.5, 0.6) is 0 Å². The Bertz CT molecular complexity index is 963. The van der Waals surface area contributed by atoms with Crippen molar-refractivity contribution >= 4 is 5.91 Å². The van der Waals surface area contributed by atoms with E-state index in [4.69, 9.17) is 4.98 Å². The van der Waals surface area contributed by atoms with Gasteiger partial charge in [-0.2, -0.15) is 0 Å². The van der Waals surface area contributed by atoms with Crippen LogP contribution in [0.25, 0.3) is 11.4 Å². The first kappa shape index (κ1) is 18.4. The standard InChI is InChI=1S/C23H25N3O2/c27-16-19-12-7-6-11-18(19)15-24-23(28)21-20-13-5-2-8-14-26(20)22(25-21)17-9-3-1-4-10-17/h1,3-4,6-7,9-12,27H,2,5,8,13-16H2,(H,24,28). The Hall–Kier alpha value is -2.92. The van der Waals surface area contributed by atoms with E-state index >= 15 is 0 Å².